The van der Waals surface area contributed by atoms with E-state index in [1.165, 1.54) is 25.7 Å². The van der Waals surface area contributed by atoms with E-state index < -0.39 is 11.0 Å². The number of rotatable bonds is 5. The number of likely N-dealkylation sites (tertiary alicyclic amines) is 1. The van der Waals surface area contributed by atoms with Crippen molar-refractivity contribution in [1.82, 2.24) is 14.9 Å². The molecule has 1 aliphatic heterocycles. The van der Waals surface area contributed by atoms with Crippen LogP contribution >= 0.6 is 0 Å². The van der Waals surface area contributed by atoms with Gasteiger partial charge in [-0.3, -0.25) is 9.62 Å². The van der Waals surface area contributed by atoms with Gasteiger partial charge in [0.25, 0.3) is 0 Å². The van der Waals surface area contributed by atoms with Crippen LogP contribution in [0.3, 0.4) is 0 Å². The molecule has 1 unspecified atom stereocenters. The van der Waals surface area contributed by atoms with Crippen molar-refractivity contribution in [3.63, 3.8) is 0 Å². The van der Waals surface area contributed by atoms with Gasteiger partial charge in [0, 0.05) is 12.1 Å². The maximum Gasteiger partial charge on any atom is 0.326 e. The topological polar surface area (TPSA) is 61.4 Å². The first-order chi connectivity index (χ1) is 12.2. The van der Waals surface area contributed by atoms with Gasteiger partial charge in [-0.1, -0.05) is 30.5 Å². The molecule has 26 heavy (non-hydrogen) atoms. The second-order valence-electron chi connectivity index (χ2n) is 8.00. The van der Waals surface area contributed by atoms with Gasteiger partial charge in [-0.05, 0) is 71.7 Å². The Hall–Kier alpha value is -1.40. The third-order valence-corrected chi connectivity index (χ3v) is 6.50. The summed E-state index contributed by atoms with van der Waals surface area (Å²) in [7, 11) is -1.56. The molecule has 0 bridgehead atoms. The van der Waals surface area contributed by atoms with Gasteiger partial charge >= 0.3 is 6.03 Å². The number of hydrogen-bond acceptors (Lipinski definition) is 3. The molecule has 146 valence electrons. The van der Waals surface area contributed by atoms with E-state index in [0.29, 0.717) is 11.4 Å². The van der Waals surface area contributed by atoms with Gasteiger partial charge in [0.05, 0.1) is 4.90 Å². The average Bonchev–Trinajstić information content (AvgIpc) is 2.82. The maximum atomic E-state index is 12.6. The van der Waals surface area contributed by atoms with Crippen LogP contribution in [0.15, 0.2) is 17.0 Å². The summed E-state index contributed by atoms with van der Waals surface area (Å²) in [6.45, 7) is 12.9. The summed E-state index contributed by atoms with van der Waals surface area (Å²) in [5.74, 6) is 0. The Labute approximate surface area is 160 Å². The van der Waals surface area contributed by atoms with Gasteiger partial charge in [0.15, 0.2) is 11.0 Å². The second kappa shape index (κ2) is 9.00. The Kier molecular flexibility index (Phi) is 7.24. The molecule has 1 heterocycles. The lowest BCUT2D eigenvalue weighted by atomic mass is 10.0. The minimum absolute atomic E-state index is 0.112. The standard InChI is InChI=1S/C20H33N3O2S/c1-15-12-16(2)18(17(3)13-15)26(25)22-19(24)21-14-20(4,5)23-10-8-6-7-9-11-23/h12-13H,6-11,14H2,1-5H3,(H2,21,22,24). The normalized spacial score (nSPS) is 17.4. The lowest BCUT2D eigenvalue weighted by Crippen LogP contribution is -2.53. The van der Waals surface area contributed by atoms with Crippen LogP contribution in [0.25, 0.3) is 0 Å². The van der Waals surface area contributed by atoms with Crippen molar-refractivity contribution in [3.8, 4) is 0 Å². The van der Waals surface area contributed by atoms with Crippen LogP contribution in [0, 0.1) is 20.8 Å². The lowest BCUT2D eigenvalue weighted by molar-refractivity contribution is 0.124. The van der Waals surface area contributed by atoms with E-state index in [1.54, 1.807) is 0 Å². The Morgan fingerprint density at radius 3 is 2.15 bits per heavy atom. The summed E-state index contributed by atoms with van der Waals surface area (Å²) in [6.07, 6.45) is 5.00. The number of urea groups is 1. The summed E-state index contributed by atoms with van der Waals surface area (Å²) >= 11 is 0. The molecule has 5 nitrogen and oxygen atoms in total. The molecule has 2 rings (SSSR count). The van der Waals surface area contributed by atoms with Crippen molar-refractivity contribution >= 4 is 17.0 Å². The molecule has 0 spiro atoms. The van der Waals surface area contributed by atoms with Crippen molar-refractivity contribution in [3.05, 3.63) is 28.8 Å². The Morgan fingerprint density at radius 1 is 1.08 bits per heavy atom. The molecule has 1 atom stereocenters. The first-order valence-corrected chi connectivity index (χ1v) is 10.6. The molecule has 0 saturated carbocycles. The van der Waals surface area contributed by atoms with Crippen LogP contribution in [0.1, 0.15) is 56.2 Å². The van der Waals surface area contributed by atoms with Crippen LogP contribution in [-0.2, 0) is 11.0 Å². The Balaban J connectivity index is 1.93. The first-order valence-electron chi connectivity index (χ1n) is 9.50. The molecule has 1 saturated heterocycles. The summed E-state index contributed by atoms with van der Waals surface area (Å²) in [5, 5.41) is 2.91. The van der Waals surface area contributed by atoms with E-state index in [9.17, 15) is 9.00 Å². The number of hydrogen-bond donors (Lipinski definition) is 2. The van der Waals surface area contributed by atoms with Gasteiger partial charge in [0.1, 0.15) is 0 Å². The van der Waals surface area contributed by atoms with Gasteiger partial charge in [-0.15, -0.1) is 0 Å². The predicted octanol–water partition coefficient (Wildman–Crippen LogP) is 3.59. The van der Waals surface area contributed by atoms with Gasteiger partial charge < -0.3 is 5.32 Å². The van der Waals surface area contributed by atoms with Crippen LogP contribution < -0.4 is 10.0 Å². The zero-order chi connectivity index (χ0) is 19.3. The number of nitrogens with zero attached hydrogens (tertiary/aromatic N) is 1. The molecular weight excluding hydrogens is 346 g/mol. The number of aryl methyl sites for hydroxylation is 3. The highest BCUT2D eigenvalue weighted by Crippen LogP contribution is 2.20. The largest absolute Gasteiger partial charge is 0.336 e. The third-order valence-electron chi connectivity index (χ3n) is 5.12. The highest BCUT2D eigenvalue weighted by Gasteiger charge is 2.28. The molecule has 0 aromatic heterocycles. The monoisotopic (exact) mass is 379 g/mol. The quantitative estimate of drug-likeness (QED) is 0.822. The van der Waals surface area contributed by atoms with E-state index in [-0.39, 0.29) is 11.6 Å². The lowest BCUT2D eigenvalue weighted by Gasteiger charge is -2.38. The van der Waals surface area contributed by atoms with Crippen LogP contribution in [0.2, 0.25) is 0 Å². The molecule has 1 aromatic rings. The molecular formula is C20H33N3O2S. The minimum atomic E-state index is -1.56. The van der Waals surface area contributed by atoms with Gasteiger partial charge in [-0.25, -0.2) is 9.00 Å². The predicted molar refractivity (Wildman–Crippen MR) is 108 cm³/mol. The Morgan fingerprint density at radius 2 is 1.62 bits per heavy atom. The molecule has 2 N–H and O–H groups in total. The van der Waals surface area contributed by atoms with Crippen molar-refractivity contribution in [2.24, 2.45) is 0 Å². The van der Waals surface area contributed by atoms with E-state index in [0.717, 1.165) is 29.8 Å². The van der Waals surface area contributed by atoms with Crippen molar-refractivity contribution in [1.29, 1.82) is 0 Å². The molecule has 0 radical (unpaired) electrons. The summed E-state index contributed by atoms with van der Waals surface area (Å²) in [4.78, 5) is 15.4. The Bertz CT molecular complexity index is 642. The number of amides is 2. The highest BCUT2D eigenvalue weighted by molar-refractivity contribution is 7.83. The fraction of sp³-hybridized carbons (Fsp3) is 0.650. The van der Waals surface area contributed by atoms with Crippen molar-refractivity contribution < 1.29 is 9.00 Å². The zero-order valence-corrected chi connectivity index (χ0v) is 17.6. The number of nitrogens with one attached hydrogen (secondary N) is 2. The highest BCUT2D eigenvalue weighted by atomic mass is 32.2. The average molecular weight is 380 g/mol. The van der Waals surface area contributed by atoms with E-state index in [1.807, 2.05) is 32.9 Å². The van der Waals surface area contributed by atoms with Crippen LogP contribution in [0.4, 0.5) is 4.79 Å². The molecule has 0 aliphatic carbocycles. The van der Waals surface area contributed by atoms with Crippen LogP contribution in [0.5, 0.6) is 0 Å². The van der Waals surface area contributed by atoms with E-state index in [2.05, 4.69) is 28.8 Å². The molecule has 1 aromatic carbocycles. The molecule has 1 fully saturated rings. The smallest absolute Gasteiger partial charge is 0.326 e. The SMILES string of the molecule is Cc1cc(C)c(S(=O)NC(=O)NCC(C)(C)N2CCCCCC2)c(C)c1. The first kappa shape index (κ1) is 20.9. The number of carbonyl (C=O) groups excluding carboxylic acids is 1. The summed E-state index contributed by atoms with van der Waals surface area (Å²) in [6, 6.07) is 3.59. The zero-order valence-electron chi connectivity index (χ0n) is 16.8. The summed E-state index contributed by atoms with van der Waals surface area (Å²) < 4.78 is 15.2. The third kappa shape index (κ3) is 5.55. The number of benzene rings is 1. The van der Waals surface area contributed by atoms with E-state index >= 15 is 0 Å². The van der Waals surface area contributed by atoms with Gasteiger partial charge in [-0.2, -0.15) is 0 Å². The van der Waals surface area contributed by atoms with Gasteiger partial charge in [0.2, 0.25) is 0 Å². The van der Waals surface area contributed by atoms with E-state index in [4.69, 9.17) is 0 Å². The fourth-order valence-electron chi connectivity index (χ4n) is 3.71. The molecule has 6 heteroatoms. The van der Waals surface area contributed by atoms with Crippen LogP contribution in [-0.4, -0.2) is 40.3 Å². The van der Waals surface area contributed by atoms with Crippen molar-refractivity contribution in [2.45, 2.75) is 70.7 Å². The second-order valence-corrected chi connectivity index (χ2v) is 9.14. The van der Waals surface area contributed by atoms with Crippen molar-refractivity contribution in [2.75, 3.05) is 19.6 Å². The minimum Gasteiger partial charge on any atom is -0.336 e. The maximum absolute atomic E-state index is 12.6. The molecule has 2 amide bonds. The number of carbonyl (C=O) groups is 1. The fourth-order valence-corrected chi connectivity index (χ4v) is 4.76. The molecule has 1 aliphatic rings. The summed E-state index contributed by atoms with van der Waals surface area (Å²) in [5.41, 5.74) is 2.89.